The van der Waals surface area contributed by atoms with Crippen LogP contribution in [0, 0.1) is 0 Å². The number of rotatable bonds is 6. The molecule has 1 aliphatic rings. The number of likely N-dealkylation sites (N-methyl/N-ethyl adjacent to an activating group) is 1. The number of hydrogen-bond donors (Lipinski definition) is 0. The van der Waals surface area contributed by atoms with Crippen LogP contribution >= 0.6 is 0 Å². The van der Waals surface area contributed by atoms with Crippen molar-refractivity contribution in [2.24, 2.45) is 0 Å². The van der Waals surface area contributed by atoms with Crippen molar-refractivity contribution in [2.45, 2.75) is 45.4 Å². The van der Waals surface area contributed by atoms with Gasteiger partial charge in [0.25, 0.3) is 5.56 Å². The van der Waals surface area contributed by atoms with Crippen molar-refractivity contribution >= 4 is 11.8 Å². The topological polar surface area (TPSA) is 76.9 Å². The molecule has 1 aromatic carbocycles. The van der Waals surface area contributed by atoms with E-state index in [4.69, 9.17) is 9.47 Å². The van der Waals surface area contributed by atoms with Crippen LogP contribution in [0.15, 0.2) is 71.8 Å². The van der Waals surface area contributed by atoms with Crippen LogP contribution in [0.5, 0.6) is 5.75 Å². The smallest absolute Gasteiger partial charge is 0.410 e. The number of benzene rings is 1. The molecule has 0 saturated carbocycles. The SMILES string of the molecule is CN(C(=O)OC(C)(C)C)[C@@H]1CCN(c2ccc(-n3ccc(OCc4ccccc4)cc3=O)nc2)C1. The van der Waals surface area contributed by atoms with Crippen LogP contribution in [-0.2, 0) is 11.3 Å². The lowest BCUT2D eigenvalue weighted by Gasteiger charge is -2.28. The highest BCUT2D eigenvalue weighted by Crippen LogP contribution is 2.24. The summed E-state index contributed by atoms with van der Waals surface area (Å²) < 4.78 is 12.7. The summed E-state index contributed by atoms with van der Waals surface area (Å²) in [7, 11) is 1.78. The van der Waals surface area contributed by atoms with Crippen molar-refractivity contribution in [3.8, 4) is 11.6 Å². The predicted molar refractivity (Wildman–Crippen MR) is 135 cm³/mol. The summed E-state index contributed by atoms with van der Waals surface area (Å²) in [6, 6.07) is 16.9. The van der Waals surface area contributed by atoms with Crippen LogP contribution in [0.3, 0.4) is 0 Å². The van der Waals surface area contributed by atoms with Gasteiger partial charge in [-0.15, -0.1) is 0 Å². The fourth-order valence-electron chi connectivity index (χ4n) is 3.96. The highest BCUT2D eigenvalue weighted by Gasteiger charge is 2.31. The fourth-order valence-corrected chi connectivity index (χ4v) is 3.96. The van der Waals surface area contributed by atoms with E-state index in [0.717, 1.165) is 24.2 Å². The maximum Gasteiger partial charge on any atom is 0.410 e. The van der Waals surface area contributed by atoms with Gasteiger partial charge in [0.15, 0.2) is 0 Å². The minimum absolute atomic E-state index is 0.0653. The van der Waals surface area contributed by atoms with Gasteiger partial charge in [0.05, 0.1) is 17.9 Å². The second kappa shape index (κ2) is 10.2. The number of amides is 1. The molecule has 0 N–H and O–H groups in total. The molecule has 35 heavy (non-hydrogen) atoms. The van der Waals surface area contributed by atoms with E-state index in [1.807, 2.05) is 63.2 Å². The summed E-state index contributed by atoms with van der Waals surface area (Å²) in [5.74, 6) is 1.05. The first-order valence-corrected chi connectivity index (χ1v) is 11.8. The zero-order valence-corrected chi connectivity index (χ0v) is 20.7. The van der Waals surface area contributed by atoms with Crippen LogP contribution in [0.25, 0.3) is 5.82 Å². The summed E-state index contributed by atoms with van der Waals surface area (Å²) in [5, 5.41) is 0. The normalized spacial score (nSPS) is 15.7. The zero-order chi connectivity index (χ0) is 25.0. The highest BCUT2D eigenvalue weighted by molar-refractivity contribution is 5.68. The summed E-state index contributed by atoms with van der Waals surface area (Å²) in [4.78, 5) is 33.4. The first kappa shape index (κ1) is 24.3. The molecular weight excluding hydrogens is 444 g/mol. The van der Waals surface area contributed by atoms with Gasteiger partial charge in [0, 0.05) is 32.4 Å². The average Bonchev–Trinajstić information content (AvgIpc) is 3.32. The lowest BCUT2D eigenvalue weighted by molar-refractivity contribution is 0.0238. The van der Waals surface area contributed by atoms with Crippen molar-refractivity contribution in [3.05, 3.63) is 82.9 Å². The minimum Gasteiger partial charge on any atom is -0.489 e. The second-order valence-electron chi connectivity index (χ2n) is 9.70. The Balaban J connectivity index is 1.37. The van der Waals surface area contributed by atoms with E-state index in [2.05, 4.69) is 9.88 Å². The zero-order valence-electron chi connectivity index (χ0n) is 20.7. The third kappa shape index (κ3) is 6.20. The van der Waals surface area contributed by atoms with Gasteiger partial charge in [0.1, 0.15) is 23.8 Å². The number of ether oxygens (including phenoxy) is 2. The molecule has 3 heterocycles. The summed E-state index contributed by atoms with van der Waals surface area (Å²) in [6.45, 7) is 7.50. The molecule has 0 bridgehead atoms. The molecule has 1 amide bonds. The van der Waals surface area contributed by atoms with Gasteiger partial charge < -0.3 is 19.3 Å². The molecule has 1 fully saturated rings. The predicted octanol–water partition coefficient (Wildman–Crippen LogP) is 4.26. The average molecular weight is 477 g/mol. The van der Waals surface area contributed by atoms with Crippen LogP contribution in [0.1, 0.15) is 32.8 Å². The third-order valence-corrected chi connectivity index (χ3v) is 5.88. The molecule has 1 atom stereocenters. The van der Waals surface area contributed by atoms with E-state index in [1.54, 1.807) is 30.4 Å². The summed E-state index contributed by atoms with van der Waals surface area (Å²) in [5.41, 5.74) is 1.25. The number of carbonyl (C=O) groups excluding carboxylic acids is 1. The molecule has 184 valence electrons. The van der Waals surface area contributed by atoms with Crippen LogP contribution in [0.2, 0.25) is 0 Å². The first-order valence-electron chi connectivity index (χ1n) is 11.8. The number of anilines is 1. The Labute approximate surface area is 205 Å². The molecule has 3 aromatic rings. The largest absolute Gasteiger partial charge is 0.489 e. The molecular formula is C27H32N4O4. The molecule has 0 radical (unpaired) electrons. The quantitative estimate of drug-likeness (QED) is 0.529. The Morgan fingerprint density at radius 3 is 2.57 bits per heavy atom. The lowest BCUT2D eigenvalue weighted by Crippen LogP contribution is -2.42. The number of hydrogen-bond acceptors (Lipinski definition) is 6. The molecule has 2 aromatic heterocycles. The maximum absolute atomic E-state index is 12.7. The molecule has 4 rings (SSSR count). The number of carbonyl (C=O) groups is 1. The van der Waals surface area contributed by atoms with Crippen LogP contribution < -0.4 is 15.2 Å². The van der Waals surface area contributed by atoms with E-state index in [9.17, 15) is 9.59 Å². The van der Waals surface area contributed by atoms with Crippen molar-refractivity contribution in [1.82, 2.24) is 14.5 Å². The highest BCUT2D eigenvalue weighted by atomic mass is 16.6. The second-order valence-corrected chi connectivity index (χ2v) is 9.70. The number of nitrogens with zero attached hydrogens (tertiary/aromatic N) is 4. The number of aromatic nitrogens is 2. The third-order valence-electron chi connectivity index (χ3n) is 5.88. The van der Waals surface area contributed by atoms with E-state index in [1.165, 1.54) is 10.6 Å². The van der Waals surface area contributed by atoms with Gasteiger partial charge in [-0.1, -0.05) is 30.3 Å². The monoisotopic (exact) mass is 476 g/mol. The minimum atomic E-state index is -0.520. The molecule has 8 heteroatoms. The summed E-state index contributed by atoms with van der Waals surface area (Å²) in [6.07, 6.45) is 3.97. The van der Waals surface area contributed by atoms with Crippen LogP contribution in [-0.4, -0.2) is 52.3 Å². The van der Waals surface area contributed by atoms with Gasteiger partial charge in [0.2, 0.25) is 0 Å². The first-order chi connectivity index (χ1) is 16.7. The van der Waals surface area contributed by atoms with Gasteiger partial charge in [-0.25, -0.2) is 9.78 Å². The van der Waals surface area contributed by atoms with Crippen molar-refractivity contribution in [1.29, 1.82) is 0 Å². The van der Waals surface area contributed by atoms with Crippen LogP contribution in [0.4, 0.5) is 10.5 Å². The molecule has 0 spiro atoms. The lowest BCUT2D eigenvalue weighted by atomic mass is 10.2. The number of pyridine rings is 2. The van der Waals surface area contributed by atoms with Gasteiger partial charge in [-0.2, -0.15) is 0 Å². The van der Waals surface area contributed by atoms with Crippen molar-refractivity contribution in [3.63, 3.8) is 0 Å². The Hall–Kier alpha value is -3.81. The van der Waals surface area contributed by atoms with Crippen molar-refractivity contribution in [2.75, 3.05) is 25.0 Å². The Morgan fingerprint density at radius 1 is 1.14 bits per heavy atom. The summed E-state index contributed by atoms with van der Waals surface area (Å²) >= 11 is 0. The standard InChI is InChI=1S/C27H32N4O4/c1-27(2,3)35-26(33)29(4)22-12-14-30(18-22)21-10-11-24(28-17-21)31-15-13-23(16-25(31)32)34-19-20-8-6-5-7-9-20/h5-11,13,15-17,22H,12,14,18-19H2,1-4H3/t22-/m1/s1. The van der Waals surface area contributed by atoms with Crippen molar-refractivity contribution < 1.29 is 14.3 Å². The molecule has 0 aliphatic carbocycles. The maximum atomic E-state index is 12.7. The molecule has 1 saturated heterocycles. The van der Waals surface area contributed by atoms with E-state index >= 15 is 0 Å². The van der Waals surface area contributed by atoms with Gasteiger partial charge in [-0.05, 0) is 51.0 Å². The molecule has 0 unspecified atom stereocenters. The Kier molecular flexibility index (Phi) is 7.10. The van der Waals surface area contributed by atoms with Gasteiger partial charge in [-0.3, -0.25) is 9.36 Å². The molecule has 1 aliphatic heterocycles. The van der Waals surface area contributed by atoms with E-state index in [0.29, 0.717) is 24.7 Å². The van der Waals surface area contributed by atoms with E-state index in [-0.39, 0.29) is 17.7 Å². The van der Waals surface area contributed by atoms with Gasteiger partial charge >= 0.3 is 6.09 Å². The van der Waals surface area contributed by atoms with E-state index < -0.39 is 5.60 Å². The Morgan fingerprint density at radius 2 is 1.91 bits per heavy atom. The molecule has 8 nitrogen and oxygen atoms in total. The fraction of sp³-hybridized carbons (Fsp3) is 0.370. The Bertz CT molecular complexity index is 1200.